The van der Waals surface area contributed by atoms with Crippen LogP contribution in [0.4, 0.5) is 0 Å². The minimum absolute atomic E-state index is 0.156. The molecule has 1 atom stereocenters. The van der Waals surface area contributed by atoms with E-state index in [1.165, 1.54) is 5.56 Å². The highest BCUT2D eigenvalue weighted by atomic mass is 16.2. The van der Waals surface area contributed by atoms with Gasteiger partial charge >= 0.3 is 0 Å². The molecule has 5 nitrogen and oxygen atoms in total. The number of aromatic nitrogens is 2. The van der Waals surface area contributed by atoms with Crippen LogP contribution >= 0.6 is 0 Å². The summed E-state index contributed by atoms with van der Waals surface area (Å²) in [6, 6.07) is 18.7. The molecule has 1 aliphatic rings. The summed E-state index contributed by atoms with van der Waals surface area (Å²) in [5.41, 5.74) is 5.16. The fourth-order valence-corrected chi connectivity index (χ4v) is 4.56. The Morgan fingerprint density at radius 3 is 2.68 bits per heavy atom. The molecule has 1 N–H and O–H groups in total. The maximum Gasteiger partial charge on any atom is 0.227 e. The lowest BCUT2D eigenvalue weighted by molar-refractivity contribution is -0.130. The van der Waals surface area contributed by atoms with E-state index in [0.29, 0.717) is 6.54 Å². The van der Waals surface area contributed by atoms with E-state index in [4.69, 9.17) is 0 Å². The number of hydrogen-bond acceptors (Lipinski definition) is 4. The van der Waals surface area contributed by atoms with E-state index in [1.807, 2.05) is 44.4 Å². The van der Waals surface area contributed by atoms with Crippen LogP contribution in [0.3, 0.4) is 0 Å². The zero-order valence-electron chi connectivity index (χ0n) is 18.3. The molecule has 4 rings (SSSR count). The highest BCUT2D eigenvalue weighted by Crippen LogP contribution is 2.36. The molecule has 0 unspecified atom stereocenters. The number of aryl methyl sites for hydroxylation is 1. The minimum Gasteiger partial charge on any atom is -0.356 e. The lowest BCUT2D eigenvalue weighted by atomic mass is 9.79. The van der Waals surface area contributed by atoms with Crippen molar-refractivity contribution in [3.05, 3.63) is 83.9 Å². The largest absolute Gasteiger partial charge is 0.356 e. The van der Waals surface area contributed by atoms with Gasteiger partial charge in [-0.05, 0) is 74.2 Å². The summed E-state index contributed by atoms with van der Waals surface area (Å²) in [5, 5.41) is 3.10. The van der Waals surface area contributed by atoms with Crippen molar-refractivity contribution < 1.29 is 4.79 Å². The molecule has 0 bridgehead atoms. The first-order chi connectivity index (χ1) is 15.1. The van der Waals surface area contributed by atoms with Crippen molar-refractivity contribution in [3.8, 4) is 11.1 Å². The summed E-state index contributed by atoms with van der Waals surface area (Å²) in [6.45, 7) is 7.07. The smallest absolute Gasteiger partial charge is 0.227 e. The van der Waals surface area contributed by atoms with Crippen LogP contribution in [-0.4, -0.2) is 40.4 Å². The normalized spacial score (nSPS) is 18.8. The fourth-order valence-electron chi connectivity index (χ4n) is 4.56. The lowest BCUT2D eigenvalue weighted by Crippen LogP contribution is -2.44. The predicted octanol–water partition coefficient (Wildman–Crippen LogP) is 4.02. The Balaban J connectivity index is 1.55. The van der Waals surface area contributed by atoms with Crippen LogP contribution in [0.1, 0.15) is 30.3 Å². The third kappa shape index (κ3) is 5.00. The van der Waals surface area contributed by atoms with Crippen molar-refractivity contribution in [1.29, 1.82) is 0 Å². The molecule has 1 fully saturated rings. The van der Waals surface area contributed by atoms with Crippen molar-refractivity contribution in [1.82, 2.24) is 20.2 Å². The van der Waals surface area contributed by atoms with Gasteiger partial charge in [0, 0.05) is 37.7 Å². The maximum atomic E-state index is 13.2. The molecule has 3 heterocycles. The Labute approximate surface area is 184 Å². The Morgan fingerprint density at radius 1 is 1.10 bits per heavy atom. The first kappa shape index (κ1) is 21.2. The van der Waals surface area contributed by atoms with E-state index in [2.05, 4.69) is 56.6 Å². The van der Waals surface area contributed by atoms with Gasteiger partial charge in [-0.3, -0.25) is 19.7 Å². The number of nitrogens with one attached hydrogen (secondary N) is 1. The molecule has 2 aromatic heterocycles. The number of carbonyl (C=O) groups excluding carboxylic acids is 1. The Kier molecular flexibility index (Phi) is 6.42. The molecule has 0 saturated carbocycles. The minimum atomic E-state index is -0.420. The molecular weight excluding hydrogens is 384 g/mol. The second kappa shape index (κ2) is 9.40. The van der Waals surface area contributed by atoms with Gasteiger partial charge in [-0.1, -0.05) is 30.3 Å². The monoisotopic (exact) mass is 414 g/mol. The van der Waals surface area contributed by atoms with Crippen molar-refractivity contribution in [2.75, 3.05) is 19.6 Å². The van der Waals surface area contributed by atoms with Crippen molar-refractivity contribution >= 4 is 5.91 Å². The summed E-state index contributed by atoms with van der Waals surface area (Å²) in [5.74, 6) is 0.156. The lowest BCUT2D eigenvalue weighted by Gasteiger charge is -2.28. The quantitative estimate of drug-likeness (QED) is 0.634. The van der Waals surface area contributed by atoms with E-state index in [1.54, 1.807) is 0 Å². The number of benzene rings is 1. The number of likely N-dealkylation sites (tertiary alicyclic amines) is 1. The number of carbonyl (C=O) groups is 1. The van der Waals surface area contributed by atoms with E-state index in [0.717, 1.165) is 55.0 Å². The Hall–Kier alpha value is -3.05. The summed E-state index contributed by atoms with van der Waals surface area (Å²) < 4.78 is 0. The van der Waals surface area contributed by atoms with Crippen LogP contribution in [0.5, 0.6) is 0 Å². The maximum absolute atomic E-state index is 13.2. The highest BCUT2D eigenvalue weighted by Gasteiger charge is 2.44. The molecule has 31 heavy (non-hydrogen) atoms. The average molecular weight is 415 g/mol. The molecule has 5 heteroatoms. The van der Waals surface area contributed by atoms with Gasteiger partial charge in [0.15, 0.2) is 0 Å². The molecule has 3 aromatic rings. The van der Waals surface area contributed by atoms with Gasteiger partial charge in [0.1, 0.15) is 0 Å². The molecule has 1 amide bonds. The van der Waals surface area contributed by atoms with Gasteiger partial charge < -0.3 is 5.32 Å². The SMILES string of the molecule is CCNC(=O)[C@@]1(Cc2cccc(-c3ccncc3)c2)CCN(Cc2cccc(C)n2)C1. The van der Waals surface area contributed by atoms with Crippen LogP contribution in [0.25, 0.3) is 11.1 Å². The van der Waals surface area contributed by atoms with Gasteiger partial charge in [-0.2, -0.15) is 0 Å². The molecular formula is C26H30N4O. The molecule has 0 radical (unpaired) electrons. The van der Waals surface area contributed by atoms with Crippen LogP contribution in [-0.2, 0) is 17.8 Å². The second-order valence-corrected chi connectivity index (χ2v) is 8.48. The number of rotatable bonds is 7. The number of nitrogens with zero attached hydrogens (tertiary/aromatic N) is 3. The van der Waals surface area contributed by atoms with Crippen LogP contribution in [0.15, 0.2) is 67.0 Å². The molecule has 160 valence electrons. The van der Waals surface area contributed by atoms with Gasteiger partial charge in [0.05, 0.1) is 11.1 Å². The number of amides is 1. The van der Waals surface area contributed by atoms with Gasteiger partial charge in [-0.15, -0.1) is 0 Å². The van der Waals surface area contributed by atoms with Crippen molar-refractivity contribution in [2.24, 2.45) is 5.41 Å². The second-order valence-electron chi connectivity index (χ2n) is 8.48. The molecule has 1 aliphatic heterocycles. The van der Waals surface area contributed by atoms with E-state index >= 15 is 0 Å². The standard InChI is InChI=1S/C26H30N4O/c1-3-28-25(31)26(12-15-30(19-26)18-24-9-4-6-20(2)29-24)17-21-7-5-8-23(16-21)22-10-13-27-14-11-22/h4-11,13-14,16H,3,12,15,17-19H2,1-2H3,(H,28,31)/t26-/m1/s1. The fraction of sp³-hybridized carbons (Fsp3) is 0.346. The third-order valence-electron chi connectivity index (χ3n) is 6.07. The Morgan fingerprint density at radius 2 is 1.90 bits per heavy atom. The van der Waals surface area contributed by atoms with Crippen LogP contribution in [0.2, 0.25) is 0 Å². The van der Waals surface area contributed by atoms with E-state index in [-0.39, 0.29) is 5.91 Å². The summed E-state index contributed by atoms with van der Waals surface area (Å²) in [4.78, 5) is 24.3. The first-order valence-electron chi connectivity index (χ1n) is 11.0. The van der Waals surface area contributed by atoms with E-state index < -0.39 is 5.41 Å². The number of hydrogen-bond donors (Lipinski definition) is 1. The zero-order chi connectivity index (χ0) is 21.7. The molecule has 0 aliphatic carbocycles. The predicted molar refractivity (Wildman–Crippen MR) is 123 cm³/mol. The Bertz CT molecular complexity index is 1040. The van der Waals surface area contributed by atoms with Gasteiger partial charge in [0.25, 0.3) is 0 Å². The van der Waals surface area contributed by atoms with Gasteiger partial charge in [0.2, 0.25) is 5.91 Å². The van der Waals surface area contributed by atoms with Crippen molar-refractivity contribution in [2.45, 2.75) is 33.2 Å². The van der Waals surface area contributed by atoms with Gasteiger partial charge in [-0.25, -0.2) is 0 Å². The summed E-state index contributed by atoms with van der Waals surface area (Å²) in [6.07, 6.45) is 5.21. The topological polar surface area (TPSA) is 58.1 Å². The van der Waals surface area contributed by atoms with Crippen molar-refractivity contribution in [3.63, 3.8) is 0 Å². The average Bonchev–Trinajstić information content (AvgIpc) is 3.18. The first-order valence-corrected chi connectivity index (χ1v) is 11.0. The zero-order valence-corrected chi connectivity index (χ0v) is 18.3. The number of pyridine rings is 2. The van der Waals surface area contributed by atoms with Crippen LogP contribution < -0.4 is 5.32 Å². The third-order valence-corrected chi connectivity index (χ3v) is 6.07. The molecule has 1 saturated heterocycles. The summed E-state index contributed by atoms with van der Waals surface area (Å²) >= 11 is 0. The summed E-state index contributed by atoms with van der Waals surface area (Å²) in [7, 11) is 0. The molecule has 1 aromatic carbocycles. The highest BCUT2D eigenvalue weighted by molar-refractivity contribution is 5.83. The van der Waals surface area contributed by atoms with E-state index in [9.17, 15) is 4.79 Å². The molecule has 0 spiro atoms. The van der Waals surface area contributed by atoms with Crippen LogP contribution in [0, 0.1) is 12.3 Å².